The third-order valence-corrected chi connectivity index (χ3v) is 5.98. The maximum Gasteiger partial charge on any atom is 0.246 e. The molecule has 0 N–H and O–H groups in total. The number of halogens is 2. The van der Waals surface area contributed by atoms with Crippen LogP contribution in [-0.4, -0.2) is 27.5 Å². The number of benzene rings is 1. The summed E-state index contributed by atoms with van der Waals surface area (Å²) < 4.78 is 43.5. The average molecular weight is 439 g/mol. The van der Waals surface area contributed by atoms with E-state index in [9.17, 15) is 12.8 Å². The molecule has 0 spiro atoms. The lowest BCUT2D eigenvalue weighted by Crippen LogP contribution is -2.30. The third-order valence-electron chi connectivity index (χ3n) is 3.75. The third kappa shape index (κ3) is 4.17. The zero-order chi connectivity index (χ0) is 18.7. The van der Waals surface area contributed by atoms with Crippen LogP contribution < -0.4 is 0 Å². The Hall–Kier alpha value is -2.10. The molecule has 6 nitrogen and oxygen atoms in total. The Morgan fingerprint density at radius 2 is 2.04 bits per heavy atom. The van der Waals surface area contributed by atoms with Crippen molar-refractivity contribution in [3.05, 3.63) is 76.5 Å². The highest BCUT2D eigenvalue weighted by molar-refractivity contribution is 9.10. The van der Waals surface area contributed by atoms with Crippen molar-refractivity contribution in [2.45, 2.75) is 18.0 Å². The van der Waals surface area contributed by atoms with Gasteiger partial charge in [-0.2, -0.15) is 9.40 Å². The van der Waals surface area contributed by atoms with Crippen LogP contribution in [0, 0.1) is 5.82 Å². The Bertz CT molecular complexity index is 1010. The fourth-order valence-corrected chi connectivity index (χ4v) is 4.13. The summed E-state index contributed by atoms with van der Waals surface area (Å²) in [5.41, 5.74) is 0.842. The van der Waals surface area contributed by atoms with E-state index in [-0.39, 0.29) is 23.5 Å². The Labute approximate surface area is 159 Å². The fourth-order valence-electron chi connectivity index (χ4n) is 2.42. The Morgan fingerprint density at radius 3 is 2.65 bits per heavy atom. The van der Waals surface area contributed by atoms with Gasteiger partial charge in [0.25, 0.3) is 0 Å². The van der Waals surface area contributed by atoms with Crippen molar-refractivity contribution in [1.82, 2.24) is 19.1 Å². The molecule has 2 aromatic heterocycles. The van der Waals surface area contributed by atoms with Crippen molar-refractivity contribution in [2.24, 2.45) is 7.05 Å². The second kappa shape index (κ2) is 7.65. The minimum atomic E-state index is -3.87. The van der Waals surface area contributed by atoms with Crippen LogP contribution in [-0.2, 0) is 30.2 Å². The standard InChI is InChI=1S/C17H16BrFN4O2S/c1-22-12-16(9-21-22)26(24,25)23(11-15-4-2-3-7-20-15)10-13-5-6-14(18)8-17(13)19/h2-9,12H,10-11H2,1H3. The Balaban J connectivity index is 1.98. The zero-order valence-electron chi connectivity index (χ0n) is 13.9. The van der Waals surface area contributed by atoms with Gasteiger partial charge in [0, 0.05) is 36.0 Å². The molecule has 1 aromatic carbocycles. The molecule has 9 heteroatoms. The maximum absolute atomic E-state index is 14.3. The first-order chi connectivity index (χ1) is 12.4. The van der Waals surface area contributed by atoms with Gasteiger partial charge in [0.05, 0.1) is 18.4 Å². The molecule has 0 saturated carbocycles. The number of hydrogen-bond donors (Lipinski definition) is 0. The van der Waals surface area contributed by atoms with E-state index in [1.54, 1.807) is 43.6 Å². The van der Waals surface area contributed by atoms with Gasteiger partial charge in [-0.05, 0) is 24.3 Å². The van der Waals surface area contributed by atoms with Crippen LogP contribution in [0.5, 0.6) is 0 Å². The molecule has 0 unspecified atom stereocenters. The molecule has 0 radical (unpaired) electrons. The number of sulfonamides is 1. The van der Waals surface area contributed by atoms with Crippen molar-refractivity contribution in [2.75, 3.05) is 0 Å². The molecule has 2 heterocycles. The molecule has 0 aliphatic rings. The van der Waals surface area contributed by atoms with Crippen molar-refractivity contribution < 1.29 is 12.8 Å². The van der Waals surface area contributed by atoms with Crippen LogP contribution in [0.3, 0.4) is 0 Å². The quantitative estimate of drug-likeness (QED) is 0.592. The van der Waals surface area contributed by atoms with E-state index in [4.69, 9.17) is 0 Å². The summed E-state index contributed by atoms with van der Waals surface area (Å²) in [4.78, 5) is 4.23. The first-order valence-corrected chi connectivity index (χ1v) is 9.92. The van der Waals surface area contributed by atoms with Gasteiger partial charge in [0.2, 0.25) is 10.0 Å². The molecule has 0 amide bonds. The molecular weight excluding hydrogens is 423 g/mol. The van der Waals surface area contributed by atoms with E-state index in [0.717, 1.165) is 0 Å². The van der Waals surface area contributed by atoms with Crippen LogP contribution in [0.2, 0.25) is 0 Å². The van der Waals surface area contributed by atoms with Crippen LogP contribution in [0.1, 0.15) is 11.3 Å². The van der Waals surface area contributed by atoms with Crippen molar-refractivity contribution in [3.8, 4) is 0 Å². The zero-order valence-corrected chi connectivity index (χ0v) is 16.3. The van der Waals surface area contributed by atoms with Crippen LogP contribution in [0.15, 0.2) is 64.4 Å². The van der Waals surface area contributed by atoms with E-state index in [1.807, 2.05) is 0 Å². The summed E-state index contributed by atoms with van der Waals surface area (Å²) in [6.45, 7) is -0.0967. The highest BCUT2D eigenvalue weighted by atomic mass is 79.9. The summed E-state index contributed by atoms with van der Waals surface area (Å²) in [5.74, 6) is -0.480. The first-order valence-electron chi connectivity index (χ1n) is 7.69. The van der Waals surface area contributed by atoms with Crippen LogP contribution in [0.4, 0.5) is 4.39 Å². The van der Waals surface area contributed by atoms with Gasteiger partial charge >= 0.3 is 0 Å². The van der Waals surface area contributed by atoms with Gasteiger partial charge in [-0.1, -0.05) is 28.1 Å². The summed E-state index contributed by atoms with van der Waals surface area (Å²) in [7, 11) is -2.24. The summed E-state index contributed by atoms with van der Waals surface area (Å²) in [6, 6.07) is 9.79. The minimum absolute atomic E-state index is 0.0214. The van der Waals surface area contributed by atoms with Gasteiger partial charge in [0.1, 0.15) is 10.7 Å². The van der Waals surface area contributed by atoms with E-state index < -0.39 is 15.8 Å². The van der Waals surface area contributed by atoms with Crippen LogP contribution >= 0.6 is 15.9 Å². The average Bonchev–Trinajstić information content (AvgIpc) is 3.04. The smallest absolute Gasteiger partial charge is 0.246 e. The van der Waals surface area contributed by atoms with E-state index in [0.29, 0.717) is 10.2 Å². The second-order valence-electron chi connectivity index (χ2n) is 5.68. The molecule has 26 heavy (non-hydrogen) atoms. The van der Waals surface area contributed by atoms with E-state index in [1.165, 1.54) is 27.4 Å². The molecular formula is C17H16BrFN4O2S. The summed E-state index contributed by atoms with van der Waals surface area (Å²) >= 11 is 3.20. The summed E-state index contributed by atoms with van der Waals surface area (Å²) in [5, 5.41) is 3.92. The topological polar surface area (TPSA) is 68.1 Å². The van der Waals surface area contributed by atoms with Gasteiger partial charge in [-0.3, -0.25) is 9.67 Å². The van der Waals surface area contributed by atoms with Gasteiger partial charge in [-0.15, -0.1) is 0 Å². The summed E-state index contributed by atoms with van der Waals surface area (Å²) in [6.07, 6.45) is 4.28. The molecule has 3 rings (SSSR count). The number of rotatable bonds is 6. The van der Waals surface area contributed by atoms with Gasteiger partial charge in [-0.25, -0.2) is 12.8 Å². The normalized spacial score (nSPS) is 11.8. The van der Waals surface area contributed by atoms with E-state index in [2.05, 4.69) is 26.0 Å². The lowest BCUT2D eigenvalue weighted by molar-refractivity contribution is 0.390. The second-order valence-corrected chi connectivity index (χ2v) is 8.53. The molecule has 136 valence electrons. The molecule has 0 aliphatic heterocycles. The number of aryl methyl sites for hydroxylation is 1. The predicted molar refractivity (Wildman–Crippen MR) is 98.0 cm³/mol. The highest BCUT2D eigenvalue weighted by Crippen LogP contribution is 2.23. The monoisotopic (exact) mass is 438 g/mol. The molecule has 0 aliphatic carbocycles. The minimum Gasteiger partial charge on any atom is -0.274 e. The lowest BCUT2D eigenvalue weighted by atomic mass is 10.2. The first kappa shape index (κ1) is 18.7. The molecule has 0 atom stereocenters. The molecule has 0 bridgehead atoms. The lowest BCUT2D eigenvalue weighted by Gasteiger charge is -2.21. The fraction of sp³-hybridized carbons (Fsp3) is 0.176. The van der Waals surface area contributed by atoms with Crippen LogP contribution in [0.25, 0.3) is 0 Å². The van der Waals surface area contributed by atoms with E-state index >= 15 is 0 Å². The van der Waals surface area contributed by atoms with Crippen molar-refractivity contribution in [3.63, 3.8) is 0 Å². The molecule has 3 aromatic rings. The van der Waals surface area contributed by atoms with Gasteiger partial charge < -0.3 is 0 Å². The predicted octanol–water partition coefficient (Wildman–Crippen LogP) is 3.11. The number of aromatic nitrogens is 3. The number of nitrogens with zero attached hydrogens (tertiary/aromatic N) is 4. The SMILES string of the molecule is Cn1cc(S(=O)(=O)N(Cc2ccccn2)Cc2ccc(Br)cc2F)cn1. The Kier molecular flexibility index (Phi) is 5.49. The number of pyridine rings is 1. The largest absolute Gasteiger partial charge is 0.274 e. The molecule has 0 fully saturated rings. The molecule has 0 saturated heterocycles. The van der Waals surface area contributed by atoms with Crippen molar-refractivity contribution >= 4 is 26.0 Å². The van der Waals surface area contributed by atoms with Gasteiger partial charge in [0.15, 0.2) is 0 Å². The maximum atomic E-state index is 14.3. The number of hydrogen-bond acceptors (Lipinski definition) is 4. The Morgan fingerprint density at radius 1 is 1.23 bits per heavy atom. The highest BCUT2D eigenvalue weighted by Gasteiger charge is 2.27. The van der Waals surface area contributed by atoms with Crippen molar-refractivity contribution in [1.29, 1.82) is 0 Å².